The second kappa shape index (κ2) is 14.5. The van der Waals surface area contributed by atoms with Crippen LogP contribution in [0, 0.1) is 0 Å². The van der Waals surface area contributed by atoms with Gasteiger partial charge in [0.15, 0.2) is 5.82 Å². The summed E-state index contributed by atoms with van der Waals surface area (Å²) in [6, 6.07) is 76.6. The van der Waals surface area contributed by atoms with Gasteiger partial charge < -0.3 is 8.98 Å². The lowest BCUT2D eigenvalue weighted by Gasteiger charge is -2.16. The molecule has 64 heavy (non-hydrogen) atoms. The van der Waals surface area contributed by atoms with Crippen molar-refractivity contribution in [2.75, 3.05) is 0 Å². The van der Waals surface area contributed by atoms with E-state index in [1.807, 2.05) is 30.3 Å². The molecular formula is C59H36N4O. The Morgan fingerprint density at radius 3 is 1.66 bits per heavy atom. The van der Waals surface area contributed by atoms with E-state index in [0.29, 0.717) is 5.82 Å². The molecular weight excluding hydrogens is 781 g/mol. The lowest BCUT2D eigenvalue weighted by atomic mass is 9.89. The van der Waals surface area contributed by atoms with Crippen LogP contribution in [0.1, 0.15) is 0 Å². The summed E-state index contributed by atoms with van der Waals surface area (Å²) in [5.74, 6) is 0.669. The fraction of sp³-hybridized carbons (Fsp3) is 0. The fourth-order valence-corrected chi connectivity index (χ4v) is 9.70. The summed E-state index contributed by atoms with van der Waals surface area (Å²) in [6.45, 7) is 0. The first-order valence-corrected chi connectivity index (χ1v) is 21.6. The molecule has 0 N–H and O–H groups in total. The van der Waals surface area contributed by atoms with E-state index in [1.54, 1.807) is 0 Å². The zero-order chi connectivity index (χ0) is 42.1. The van der Waals surface area contributed by atoms with E-state index in [0.717, 1.165) is 99.8 Å². The monoisotopic (exact) mass is 816 g/mol. The lowest BCUT2D eigenvalue weighted by molar-refractivity contribution is 0.669. The van der Waals surface area contributed by atoms with E-state index in [9.17, 15) is 0 Å². The predicted molar refractivity (Wildman–Crippen MR) is 264 cm³/mol. The first-order chi connectivity index (χ1) is 31.7. The van der Waals surface area contributed by atoms with Gasteiger partial charge in [-0.2, -0.15) is 0 Å². The zero-order valence-corrected chi connectivity index (χ0v) is 34.5. The second-order valence-electron chi connectivity index (χ2n) is 16.3. The van der Waals surface area contributed by atoms with Crippen LogP contribution in [-0.2, 0) is 0 Å². The molecule has 0 spiro atoms. The molecule has 4 heterocycles. The number of hydrogen-bond donors (Lipinski definition) is 0. The molecule has 0 saturated heterocycles. The molecule has 0 amide bonds. The maximum Gasteiger partial charge on any atom is 0.160 e. The van der Waals surface area contributed by atoms with Crippen molar-refractivity contribution in [1.29, 1.82) is 0 Å². The van der Waals surface area contributed by atoms with Crippen LogP contribution in [0.3, 0.4) is 0 Å². The molecule has 0 radical (unpaired) electrons. The molecule has 0 aliphatic heterocycles. The Bertz CT molecular complexity index is 3890. The number of furan rings is 1. The standard InChI is InChI=1S/C59H36N4O/c1-3-16-38(17-4-1)58-47-35-54-57(46-25-10-14-29-53(46)64-54)55(56(47)45-24-7-11-26-48(45)60-58)41-21-15-20-40(34-41)50-36-49(61-59(62-50)39-18-5-2-6-19-39)37-30-32-42(33-31-37)63-51-27-12-8-22-43(51)44-23-9-13-28-52(44)63/h1-36H. The van der Waals surface area contributed by atoms with Crippen molar-refractivity contribution in [3.05, 3.63) is 218 Å². The largest absolute Gasteiger partial charge is 0.456 e. The summed E-state index contributed by atoms with van der Waals surface area (Å²) in [5, 5.41) is 7.89. The number of fused-ring (bicyclic) bond motifs is 9. The fourth-order valence-electron chi connectivity index (χ4n) is 9.70. The van der Waals surface area contributed by atoms with Crippen LogP contribution in [-0.4, -0.2) is 19.5 Å². The van der Waals surface area contributed by atoms with Crippen molar-refractivity contribution < 1.29 is 4.42 Å². The Kier molecular flexibility index (Phi) is 8.15. The quantitative estimate of drug-likeness (QED) is 0.157. The highest BCUT2D eigenvalue weighted by Gasteiger charge is 2.22. The Balaban J connectivity index is 1.02. The Morgan fingerprint density at radius 2 is 0.922 bits per heavy atom. The van der Waals surface area contributed by atoms with Gasteiger partial charge in [0, 0.05) is 71.2 Å². The number of aromatic nitrogens is 4. The molecule has 13 rings (SSSR count). The van der Waals surface area contributed by atoms with E-state index < -0.39 is 0 Å². The topological polar surface area (TPSA) is 56.7 Å². The van der Waals surface area contributed by atoms with Crippen molar-refractivity contribution in [2.24, 2.45) is 0 Å². The molecule has 13 aromatic rings. The summed E-state index contributed by atoms with van der Waals surface area (Å²) in [5.41, 5.74) is 14.8. The number of hydrogen-bond acceptors (Lipinski definition) is 4. The maximum absolute atomic E-state index is 6.69. The van der Waals surface area contributed by atoms with Crippen LogP contribution in [0.2, 0.25) is 0 Å². The third-order valence-corrected chi connectivity index (χ3v) is 12.6. The third-order valence-electron chi connectivity index (χ3n) is 12.6. The normalized spacial score (nSPS) is 11.8. The van der Waals surface area contributed by atoms with Gasteiger partial charge in [0.2, 0.25) is 0 Å². The van der Waals surface area contributed by atoms with Crippen molar-refractivity contribution in [1.82, 2.24) is 19.5 Å². The third kappa shape index (κ3) is 5.75. The van der Waals surface area contributed by atoms with E-state index in [1.165, 1.54) is 21.8 Å². The second-order valence-corrected chi connectivity index (χ2v) is 16.3. The van der Waals surface area contributed by atoms with E-state index in [-0.39, 0.29) is 0 Å². The lowest BCUT2D eigenvalue weighted by Crippen LogP contribution is -1.97. The van der Waals surface area contributed by atoms with Gasteiger partial charge in [-0.15, -0.1) is 0 Å². The summed E-state index contributed by atoms with van der Waals surface area (Å²) in [4.78, 5) is 15.8. The maximum atomic E-state index is 6.69. The first-order valence-electron chi connectivity index (χ1n) is 21.6. The van der Waals surface area contributed by atoms with E-state index in [2.05, 4.69) is 193 Å². The molecule has 0 unspecified atom stereocenters. The smallest absolute Gasteiger partial charge is 0.160 e. The number of benzene rings is 9. The van der Waals surface area contributed by atoms with Gasteiger partial charge in [0.25, 0.3) is 0 Å². The SMILES string of the molecule is c1ccc(-c2nc(-c3ccc(-n4c5ccccc5c5ccccc54)cc3)cc(-c3cccc(-c4c5c(cc6c(-c7ccccc7)nc7ccccc7c46)oc4ccccc45)c3)n2)cc1. The average molecular weight is 817 g/mol. The highest BCUT2D eigenvalue weighted by Crippen LogP contribution is 2.47. The molecule has 0 aliphatic carbocycles. The van der Waals surface area contributed by atoms with Gasteiger partial charge in [-0.05, 0) is 60.2 Å². The molecule has 9 aromatic carbocycles. The van der Waals surface area contributed by atoms with Gasteiger partial charge in [-0.1, -0.05) is 164 Å². The summed E-state index contributed by atoms with van der Waals surface area (Å²) < 4.78 is 9.04. The Morgan fingerprint density at radius 1 is 0.344 bits per heavy atom. The Hall–Kier alpha value is -8.67. The molecule has 0 bridgehead atoms. The van der Waals surface area contributed by atoms with Crippen LogP contribution in [0.4, 0.5) is 0 Å². The van der Waals surface area contributed by atoms with Crippen molar-refractivity contribution in [3.63, 3.8) is 0 Å². The number of pyridine rings is 1. The Labute approximate surface area is 368 Å². The van der Waals surface area contributed by atoms with Gasteiger partial charge in [0.1, 0.15) is 11.2 Å². The van der Waals surface area contributed by atoms with Crippen molar-refractivity contribution >= 4 is 65.4 Å². The van der Waals surface area contributed by atoms with Gasteiger partial charge in [-0.3, -0.25) is 0 Å². The average Bonchev–Trinajstić information content (AvgIpc) is 3.91. The molecule has 0 aliphatic rings. The molecule has 0 atom stereocenters. The molecule has 5 nitrogen and oxygen atoms in total. The minimum absolute atomic E-state index is 0.669. The first kappa shape index (κ1) is 36.0. The van der Waals surface area contributed by atoms with Gasteiger partial charge >= 0.3 is 0 Å². The highest BCUT2D eigenvalue weighted by molar-refractivity contribution is 6.28. The minimum Gasteiger partial charge on any atom is -0.456 e. The molecule has 0 saturated carbocycles. The number of rotatable bonds is 6. The molecule has 4 aromatic heterocycles. The van der Waals surface area contributed by atoms with Gasteiger partial charge in [0.05, 0.1) is 33.6 Å². The molecule has 298 valence electrons. The summed E-state index contributed by atoms with van der Waals surface area (Å²) in [7, 11) is 0. The van der Waals surface area contributed by atoms with Crippen LogP contribution in [0.25, 0.3) is 127 Å². The van der Waals surface area contributed by atoms with Crippen LogP contribution < -0.4 is 0 Å². The highest BCUT2D eigenvalue weighted by atomic mass is 16.3. The molecule has 0 fully saturated rings. The molecule has 5 heteroatoms. The number of para-hydroxylation sites is 4. The number of nitrogens with zero attached hydrogens (tertiary/aromatic N) is 4. The van der Waals surface area contributed by atoms with Crippen LogP contribution >= 0.6 is 0 Å². The van der Waals surface area contributed by atoms with E-state index >= 15 is 0 Å². The van der Waals surface area contributed by atoms with Crippen LogP contribution in [0.15, 0.2) is 223 Å². The minimum atomic E-state index is 0.669. The predicted octanol–water partition coefficient (Wildman–Crippen LogP) is 15.5. The van der Waals surface area contributed by atoms with E-state index in [4.69, 9.17) is 19.4 Å². The van der Waals surface area contributed by atoms with Crippen molar-refractivity contribution in [2.45, 2.75) is 0 Å². The summed E-state index contributed by atoms with van der Waals surface area (Å²) in [6.07, 6.45) is 0. The van der Waals surface area contributed by atoms with Crippen LogP contribution in [0.5, 0.6) is 0 Å². The summed E-state index contributed by atoms with van der Waals surface area (Å²) >= 11 is 0. The zero-order valence-electron chi connectivity index (χ0n) is 34.5. The van der Waals surface area contributed by atoms with Crippen molar-refractivity contribution in [3.8, 4) is 62.0 Å². The van der Waals surface area contributed by atoms with Gasteiger partial charge in [-0.25, -0.2) is 15.0 Å².